The van der Waals surface area contributed by atoms with E-state index in [0.717, 1.165) is 56.3 Å². The van der Waals surface area contributed by atoms with Gasteiger partial charge in [0.25, 0.3) is 15.9 Å². The van der Waals surface area contributed by atoms with Crippen molar-refractivity contribution in [3.63, 3.8) is 0 Å². The number of benzene rings is 3. The smallest absolute Gasteiger partial charge is 0.264 e. The number of sulfonamides is 1. The molecule has 3 heterocycles. The Morgan fingerprint density at radius 3 is 2.58 bits per heavy atom. The highest BCUT2D eigenvalue weighted by molar-refractivity contribution is 7.92. The number of nitrogens with one attached hydrogen (secondary N) is 1. The zero-order chi connectivity index (χ0) is 27.4. The van der Waals surface area contributed by atoms with Gasteiger partial charge in [0.05, 0.1) is 20.8 Å². The van der Waals surface area contributed by atoms with Crippen molar-refractivity contribution in [3.8, 4) is 10.6 Å². The first kappa shape index (κ1) is 25.4. The number of para-hydroxylation sites is 2. The highest BCUT2D eigenvalue weighted by atomic mass is 32.2. The first-order valence-electron chi connectivity index (χ1n) is 13.4. The van der Waals surface area contributed by atoms with Crippen molar-refractivity contribution in [1.29, 1.82) is 0 Å². The van der Waals surface area contributed by atoms with Gasteiger partial charge in [0, 0.05) is 22.5 Å². The van der Waals surface area contributed by atoms with Crippen molar-refractivity contribution >= 4 is 59.5 Å². The van der Waals surface area contributed by atoms with Crippen LogP contribution in [-0.2, 0) is 29.3 Å². The van der Waals surface area contributed by atoms with Crippen LogP contribution in [0.25, 0.3) is 20.8 Å². The molecule has 0 radical (unpaired) electrons. The van der Waals surface area contributed by atoms with Crippen LogP contribution in [0.2, 0.25) is 0 Å². The number of nitrogens with zero attached hydrogens (tertiary/aromatic N) is 2. The zero-order valence-electron chi connectivity index (χ0n) is 21.9. The molecule has 7 rings (SSSR count). The monoisotopic (exact) mass is 585 g/mol. The molecular formula is C31H27N3O3S3. The molecule has 40 heavy (non-hydrogen) atoms. The Labute approximate surface area is 241 Å². The van der Waals surface area contributed by atoms with E-state index in [1.807, 2.05) is 42.5 Å². The number of anilines is 2. The molecule has 1 amide bonds. The summed E-state index contributed by atoms with van der Waals surface area (Å²) in [6.45, 7) is 2.69. The first-order chi connectivity index (χ1) is 19.4. The van der Waals surface area contributed by atoms with Crippen LogP contribution in [0.5, 0.6) is 0 Å². The summed E-state index contributed by atoms with van der Waals surface area (Å²) >= 11 is 3.29. The molecule has 2 aromatic heterocycles. The van der Waals surface area contributed by atoms with Gasteiger partial charge in [0.2, 0.25) is 0 Å². The first-order valence-corrected chi connectivity index (χ1v) is 16.5. The molecule has 0 saturated carbocycles. The van der Waals surface area contributed by atoms with Crippen LogP contribution in [0.3, 0.4) is 0 Å². The van der Waals surface area contributed by atoms with E-state index >= 15 is 0 Å². The Morgan fingerprint density at radius 1 is 0.975 bits per heavy atom. The summed E-state index contributed by atoms with van der Waals surface area (Å²) in [6, 6.07) is 21.9. The summed E-state index contributed by atoms with van der Waals surface area (Å²) in [7, 11) is -3.72. The Balaban J connectivity index is 1.18. The second-order valence-corrected chi connectivity index (χ2v) is 14.5. The number of thiazole rings is 1. The normalized spacial score (nSPS) is 16.6. The Hall–Kier alpha value is -3.53. The molecule has 1 N–H and O–H groups in total. The van der Waals surface area contributed by atoms with Gasteiger partial charge in [-0.05, 0) is 85.2 Å². The van der Waals surface area contributed by atoms with Crippen molar-refractivity contribution in [2.24, 2.45) is 5.92 Å². The fourth-order valence-electron chi connectivity index (χ4n) is 5.68. The molecule has 2 aliphatic rings. The van der Waals surface area contributed by atoms with Gasteiger partial charge in [-0.15, -0.1) is 22.7 Å². The third-order valence-electron chi connectivity index (χ3n) is 7.80. The lowest BCUT2D eigenvalue weighted by Crippen LogP contribution is -2.29. The summed E-state index contributed by atoms with van der Waals surface area (Å²) < 4.78 is 29.4. The van der Waals surface area contributed by atoms with Crippen molar-refractivity contribution in [1.82, 2.24) is 4.98 Å². The Kier molecular flexibility index (Phi) is 6.25. The average molecular weight is 586 g/mol. The minimum atomic E-state index is -3.72. The number of aromatic nitrogens is 1. The molecule has 0 saturated heterocycles. The van der Waals surface area contributed by atoms with Gasteiger partial charge in [0.1, 0.15) is 10.0 Å². The predicted molar refractivity (Wildman–Crippen MR) is 163 cm³/mol. The molecule has 1 aliphatic carbocycles. The molecular weight excluding hydrogens is 559 g/mol. The van der Waals surface area contributed by atoms with Crippen molar-refractivity contribution in [2.45, 2.75) is 37.5 Å². The summed E-state index contributed by atoms with van der Waals surface area (Å²) in [6.07, 6.45) is 3.78. The predicted octanol–water partition coefficient (Wildman–Crippen LogP) is 7.15. The fourth-order valence-corrected chi connectivity index (χ4v) is 9.70. The van der Waals surface area contributed by atoms with E-state index < -0.39 is 10.0 Å². The maximum absolute atomic E-state index is 13.4. The highest BCUT2D eigenvalue weighted by Crippen LogP contribution is 2.47. The number of rotatable bonds is 5. The van der Waals surface area contributed by atoms with Crippen LogP contribution >= 0.6 is 22.7 Å². The summed E-state index contributed by atoms with van der Waals surface area (Å²) in [5.74, 6) is 0.347. The Bertz CT molecular complexity index is 1840. The topological polar surface area (TPSA) is 79.4 Å². The van der Waals surface area contributed by atoms with Crippen LogP contribution in [0.15, 0.2) is 77.7 Å². The lowest BCUT2D eigenvalue weighted by Gasteiger charge is -2.19. The van der Waals surface area contributed by atoms with E-state index in [9.17, 15) is 13.2 Å². The van der Waals surface area contributed by atoms with E-state index in [-0.39, 0.29) is 10.8 Å². The lowest BCUT2D eigenvalue weighted by atomic mass is 9.88. The molecule has 0 fully saturated rings. The van der Waals surface area contributed by atoms with Gasteiger partial charge < -0.3 is 5.32 Å². The van der Waals surface area contributed by atoms with Crippen molar-refractivity contribution < 1.29 is 13.2 Å². The van der Waals surface area contributed by atoms with Crippen molar-refractivity contribution in [2.75, 3.05) is 16.2 Å². The van der Waals surface area contributed by atoms with E-state index in [4.69, 9.17) is 4.98 Å². The van der Waals surface area contributed by atoms with Gasteiger partial charge in [-0.2, -0.15) is 0 Å². The van der Waals surface area contributed by atoms with Crippen LogP contribution in [0.4, 0.5) is 10.7 Å². The van der Waals surface area contributed by atoms with E-state index in [0.29, 0.717) is 24.4 Å². The van der Waals surface area contributed by atoms with Gasteiger partial charge in [0.15, 0.2) is 0 Å². The number of hydrogen-bond donors (Lipinski definition) is 1. The Morgan fingerprint density at radius 2 is 1.75 bits per heavy atom. The van der Waals surface area contributed by atoms with E-state index in [1.54, 1.807) is 34.8 Å². The number of hydrogen-bond acceptors (Lipinski definition) is 6. The molecule has 5 aromatic rings. The molecule has 6 nitrogen and oxygen atoms in total. The SMILES string of the molecule is C[C@@H]1CCc2c(sc(NC(=O)c3ccc(S(=O)(=O)N4CCc5ccccc54)cc3)c2-c2nc3ccccc3s2)C1. The molecule has 0 bridgehead atoms. The molecule has 0 unspecified atom stereocenters. The molecule has 0 spiro atoms. The second-order valence-electron chi connectivity index (χ2n) is 10.5. The molecule has 9 heteroatoms. The maximum Gasteiger partial charge on any atom is 0.264 e. The number of carbonyl (C=O) groups is 1. The molecule has 202 valence electrons. The number of thiophene rings is 1. The number of fused-ring (bicyclic) bond motifs is 3. The summed E-state index contributed by atoms with van der Waals surface area (Å²) in [4.78, 5) is 19.9. The lowest BCUT2D eigenvalue weighted by molar-refractivity contribution is 0.102. The van der Waals surface area contributed by atoms with E-state index in [2.05, 4.69) is 18.3 Å². The van der Waals surface area contributed by atoms with Gasteiger partial charge in [-0.25, -0.2) is 13.4 Å². The molecule has 1 aliphatic heterocycles. The van der Waals surface area contributed by atoms with Gasteiger partial charge in [-0.3, -0.25) is 9.10 Å². The zero-order valence-corrected chi connectivity index (χ0v) is 24.3. The van der Waals surface area contributed by atoms with Crippen LogP contribution in [0, 0.1) is 5.92 Å². The van der Waals surface area contributed by atoms with E-state index in [1.165, 1.54) is 26.9 Å². The third kappa shape index (κ3) is 4.33. The number of carbonyl (C=O) groups excluding carboxylic acids is 1. The van der Waals surface area contributed by atoms with Crippen LogP contribution in [-0.4, -0.2) is 25.9 Å². The van der Waals surface area contributed by atoms with Crippen LogP contribution in [0.1, 0.15) is 39.7 Å². The summed E-state index contributed by atoms with van der Waals surface area (Å²) in [5, 5.41) is 4.89. The standard InChI is InChI=1S/C31H27N3O3S3/c1-19-10-15-23-27(18-19)39-31(28(23)30-32-24-7-3-5-9-26(24)38-30)33-29(35)21-11-13-22(14-12-21)40(36,37)34-17-16-20-6-2-4-8-25(20)34/h2-9,11-14,19H,10,15-18H2,1H3,(H,33,35)/t19-/m1/s1. The van der Waals surface area contributed by atoms with Crippen LogP contribution < -0.4 is 9.62 Å². The molecule has 3 aromatic carbocycles. The van der Waals surface area contributed by atoms with Crippen molar-refractivity contribution in [3.05, 3.63) is 94.4 Å². The maximum atomic E-state index is 13.4. The quantitative estimate of drug-likeness (QED) is 0.238. The number of amides is 1. The largest absolute Gasteiger partial charge is 0.313 e. The van der Waals surface area contributed by atoms with Gasteiger partial charge >= 0.3 is 0 Å². The minimum Gasteiger partial charge on any atom is -0.313 e. The third-order valence-corrected chi connectivity index (χ3v) is 11.8. The minimum absolute atomic E-state index is 0.177. The highest BCUT2D eigenvalue weighted by Gasteiger charge is 2.31. The fraction of sp³-hybridized carbons (Fsp3) is 0.226. The second kappa shape index (κ2) is 9.83. The average Bonchev–Trinajstić information content (AvgIpc) is 3.67. The molecule has 1 atom stereocenters. The van der Waals surface area contributed by atoms with Gasteiger partial charge in [-0.1, -0.05) is 37.3 Å². The summed E-state index contributed by atoms with van der Waals surface area (Å²) in [5.41, 5.74) is 5.46.